The second-order valence-electron chi connectivity index (χ2n) is 5.52. The molecule has 0 amide bonds. The zero-order chi connectivity index (χ0) is 15.4. The Morgan fingerprint density at radius 2 is 2.05 bits per heavy atom. The van der Waals surface area contributed by atoms with Crippen molar-refractivity contribution in [3.8, 4) is 0 Å². The van der Waals surface area contributed by atoms with Crippen molar-refractivity contribution < 1.29 is 8.78 Å². The van der Waals surface area contributed by atoms with Crippen molar-refractivity contribution in [2.24, 2.45) is 0 Å². The van der Waals surface area contributed by atoms with Crippen molar-refractivity contribution in [2.45, 2.75) is 49.0 Å². The number of halogens is 2. The molecule has 0 aromatic heterocycles. The maximum Gasteiger partial charge on any atom is 0.126 e. The fourth-order valence-electron chi connectivity index (χ4n) is 2.55. The molecule has 0 aliphatic carbocycles. The van der Waals surface area contributed by atoms with Crippen LogP contribution in [0.5, 0.6) is 0 Å². The van der Waals surface area contributed by atoms with Gasteiger partial charge in [-0.25, -0.2) is 8.78 Å². The Kier molecular flexibility index (Phi) is 6.38. The van der Waals surface area contributed by atoms with E-state index in [1.807, 2.05) is 23.5 Å². The second kappa shape index (κ2) is 7.84. The Morgan fingerprint density at radius 3 is 2.71 bits per heavy atom. The molecular weight excluding hydrogens is 308 g/mol. The van der Waals surface area contributed by atoms with E-state index in [1.165, 1.54) is 18.2 Å². The molecule has 0 saturated carbocycles. The van der Waals surface area contributed by atoms with Gasteiger partial charge in [-0.3, -0.25) is 0 Å². The van der Waals surface area contributed by atoms with Gasteiger partial charge in [-0.1, -0.05) is 20.8 Å². The molecule has 118 valence electrons. The minimum absolute atomic E-state index is 0.179. The van der Waals surface area contributed by atoms with Gasteiger partial charge >= 0.3 is 0 Å². The lowest BCUT2D eigenvalue weighted by atomic mass is 10.0. The summed E-state index contributed by atoms with van der Waals surface area (Å²) in [4.78, 5) is 0. The molecule has 0 radical (unpaired) electrons. The zero-order valence-corrected chi connectivity index (χ0v) is 14.4. The van der Waals surface area contributed by atoms with Crippen molar-refractivity contribution in [3.05, 3.63) is 35.4 Å². The first kappa shape index (κ1) is 17.1. The molecule has 1 aliphatic heterocycles. The quantitative estimate of drug-likeness (QED) is 0.872. The predicted octanol–water partition coefficient (Wildman–Crippen LogP) is 4.11. The molecule has 1 fully saturated rings. The van der Waals surface area contributed by atoms with E-state index >= 15 is 0 Å². The third kappa shape index (κ3) is 4.60. The normalized spacial score (nSPS) is 27.6. The molecule has 1 saturated heterocycles. The molecule has 21 heavy (non-hydrogen) atoms. The fourth-order valence-corrected chi connectivity index (χ4v) is 5.68. The van der Waals surface area contributed by atoms with Crippen LogP contribution in [0.2, 0.25) is 0 Å². The summed E-state index contributed by atoms with van der Waals surface area (Å²) in [6.07, 6.45) is 0.538. The van der Waals surface area contributed by atoms with Gasteiger partial charge in [0, 0.05) is 27.5 Å². The van der Waals surface area contributed by atoms with Gasteiger partial charge in [-0.15, -0.1) is 0 Å². The average Bonchev–Trinajstić information content (AvgIpc) is 2.45. The summed E-state index contributed by atoms with van der Waals surface area (Å²) < 4.78 is 27.2. The van der Waals surface area contributed by atoms with Crippen LogP contribution in [0.1, 0.15) is 26.3 Å². The monoisotopic (exact) mass is 331 g/mol. The van der Waals surface area contributed by atoms with Gasteiger partial charge in [-0.2, -0.15) is 23.5 Å². The highest BCUT2D eigenvalue weighted by molar-refractivity contribution is 8.07. The third-order valence-electron chi connectivity index (χ3n) is 3.94. The van der Waals surface area contributed by atoms with Crippen LogP contribution in [-0.2, 0) is 6.42 Å². The highest BCUT2D eigenvalue weighted by Gasteiger charge is 2.31. The van der Waals surface area contributed by atoms with Crippen LogP contribution in [0, 0.1) is 11.6 Å². The fraction of sp³-hybridized carbons (Fsp3) is 0.625. The Hall–Kier alpha value is -0.260. The molecule has 2 rings (SSSR count). The van der Waals surface area contributed by atoms with Gasteiger partial charge in [0.2, 0.25) is 0 Å². The van der Waals surface area contributed by atoms with Gasteiger partial charge in [0.1, 0.15) is 11.6 Å². The molecule has 4 unspecified atom stereocenters. The summed E-state index contributed by atoms with van der Waals surface area (Å²) in [5, 5.41) is 5.14. The summed E-state index contributed by atoms with van der Waals surface area (Å²) >= 11 is 3.95. The lowest BCUT2D eigenvalue weighted by Gasteiger charge is -2.36. The molecule has 0 spiro atoms. The lowest BCUT2D eigenvalue weighted by Crippen LogP contribution is -2.44. The molecule has 4 atom stereocenters. The summed E-state index contributed by atoms with van der Waals surface area (Å²) in [6, 6.07) is 3.91. The first-order valence-electron chi connectivity index (χ1n) is 7.45. The van der Waals surface area contributed by atoms with E-state index in [0.29, 0.717) is 27.7 Å². The van der Waals surface area contributed by atoms with Gasteiger partial charge in [0.25, 0.3) is 0 Å². The number of hydrogen-bond acceptors (Lipinski definition) is 3. The molecule has 1 nitrogen and oxygen atoms in total. The van der Waals surface area contributed by atoms with Crippen LogP contribution in [0.15, 0.2) is 18.2 Å². The van der Waals surface area contributed by atoms with Crippen molar-refractivity contribution in [2.75, 3.05) is 12.3 Å². The first-order chi connectivity index (χ1) is 10.0. The predicted molar refractivity (Wildman–Crippen MR) is 90.3 cm³/mol. The van der Waals surface area contributed by atoms with Crippen molar-refractivity contribution in [1.82, 2.24) is 5.32 Å². The summed E-state index contributed by atoms with van der Waals surface area (Å²) in [6.45, 7) is 7.40. The van der Waals surface area contributed by atoms with Gasteiger partial charge in [-0.05, 0) is 36.7 Å². The van der Waals surface area contributed by atoms with Crippen molar-refractivity contribution >= 4 is 23.5 Å². The van der Waals surface area contributed by atoms with E-state index in [1.54, 1.807) is 0 Å². The van der Waals surface area contributed by atoms with Gasteiger partial charge in [0.15, 0.2) is 0 Å². The maximum atomic E-state index is 13.9. The number of hydrogen-bond donors (Lipinski definition) is 1. The summed E-state index contributed by atoms with van der Waals surface area (Å²) in [5.41, 5.74) is 0.470. The number of benzene rings is 1. The minimum atomic E-state index is -0.366. The molecule has 0 bridgehead atoms. The Labute approximate surface area is 134 Å². The van der Waals surface area contributed by atoms with E-state index in [4.69, 9.17) is 0 Å². The van der Waals surface area contributed by atoms with Crippen LogP contribution in [0.4, 0.5) is 8.78 Å². The van der Waals surface area contributed by atoms with Crippen LogP contribution < -0.4 is 5.32 Å². The lowest BCUT2D eigenvalue weighted by molar-refractivity contribution is 0.501. The SMILES string of the molecule is CCNC(Cc1cc(F)ccc1F)C1CSC(C)C(C)S1. The summed E-state index contributed by atoms with van der Waals surface area (Å²) in [5.74, 6) is 0.383. The molecule has 5 heteroatoms. The molecular formula is C16H23F2NS2. The number of likely N-dealkylation sites (N-methyl/N-ethyl adjacent to an activating group) is 1. The van der Waals surface area contributed by atoms with E-state index in [2.05, 4.69) is 26.1 Å². The Balaban J connectivity index is 2.10. The van der Waals surface area contributed by atoms with Gasteiger partial charge in [0.05, 0.1) is 0 Å². The first-order valence-corrected chi connectivity index (χ1v) is 9.44. The van der Waals surface area contributed by atoms with Gasteiger partial charge < -0.3 is 5.32 Å². The molecule has 1 heterocycles. The van der Waals surface area contributed by atoms with Crippen molar-refractivity contribution in [3.63, 3.8) is 0 Å². The topological polar surface area (TPSA) is 12.0 Å². The second-order valence-corrected chi connectivity index (χ2v) is 8.55. The zero-order valence-electron chi connectivity index (χ0n) is 12.7. The van der Waals surface area contributed by atoms with Crippen LogP contribution >= 0.6 is 23.5 Å². The molecule has 1 aliphatic rings. The summed E-state index contributed by atoms with van der Waals surface area (Å²) in [7, 11) is 0. The van der Waals surface area contributed by atoms with Crippen LogP contribution in [-0.4, -0.2) is 34.1 Å². The van der Waals surface area contributed by atoms with E-state index < -0.39 is 0 Å². The number of thioether (sulfide) groups is 2. The standard InChI is InChI=1S/C16H23F2NS2/c1-4-19-15(16-9-20-10(2)11(3)21-16)8-12-7-13(17)5-6-14(12)18/h5-7,10-11,15-16,19H,4,8-9H2,1-3H3. The largest absolute Gasteiger partial charge is 0.313 e. The van der Waals surface area contributed by atoms with Crippen LogP contribution in [0.3, 0.4) is 0 Å². The minimum Gasteiger partial charge on any atom is -0.313 e. The Morgan fingerprint density at radius 1 is 1.29 bits per heavy atom. The van der Waals surface area contributed by atoms with Crippen LogP contribution in [0.25, 0.3) is 0 Å². The van der Waals surface area contributed by atoms with E-state index in [-0.39, 0.29) is 17.7 Å². The highest BCUT2D eigenvalue weighted by atomic mass is 32.2. The third-order valence-corrected chi connectivity index (χ3v) is 7.49. The number of rotatable bonds is 5. The molecule has 1 aromatic rings. The smallest absolute Gasteiger partial charge is 0.126 e. The average molecular weight is 331 g/mol. The molecule has 1 N–H and O–H groups in total. The highest BCUT2D eigenvalue weighted by Crippen LogP contribution is 2.37. The maximum absolute atomic E-state index is 13.9. The Bertz CT molecular complexity index is 470. The molecule has 1 aromatic carbocycles. The van der Waals surface area contributed by atoms with Crippen molar-refractivity contribution in [1.29, 1.82) is 0 Å². The number of nitrogens with one attached hydrogen (secondary N) is 1. The van der Waals surface area contributed by atoms with E-state index in [0.717, 1.165) is 12.3 Å². The van der Waals surface area contributed by atoms with E-state index in [9.17, 15) is 8.78 Å².